The highest BCUT2D eigenvalue weighted by molar-refractivity contribution is 7.14. The maximum atomic E-state index is 12.5. The van der Waals surface area contributed by atoms with Crippen LogP contribution in [0.4, 0.5) is 5.82 Å². The summed E-state index contributed by atoms with van der Waals surface area (Å²) >= 11 is 1.49. The van der Waals surface area contributed by atoms with Gasteiger partial charge in [-0.15, -0.1) is 11.3 Å². The number of carbonyl (C=O) groups excluding carboxylic acids is 2. The summed E-state index contributed by atoms with van der Waals surface area (Å²) < 4.78 is 7.17. The molecule has 1 aliphatic rings. The van der Waals surface area contributed by atoms with Crippen molar-refractivity contribution in [3.63, 3.8) is 0 Å². The van der Waals surface area contributed by atoms with Gasteiger partial charge in [0.1, 0.15) is 10.7 Å². The third-order valence-electron chi connectivity index (χ3n) is 5.11. The van der Waals surface area contributed by atoms with Crippen molar-refractivity contribution in [1.82, 2.24) is 9.78 Å². The molecule has 0 unspecified atom stereocenters. The third kappa shape index (κ3) is 4.40. The first-order chi connectivity index (χ1) is 12.9. The molecule has 2 aromatic rings. The number of nitrogens with zero attached hydrogens (tertiary/aromatic N) is 2. The molecule has 7 heteroatoms. The molecule has 0 radical (unpaired) electrons. The van der Waals surface area contributed by atoms with Crippen LogP contribution >= 0.6 is 11.3 Å². The highest BCUT2D eigenvalue weighted by Gasteiger charge is 2.25. The van der Waals surface area contributed by atoms with Gasteiger partial charge in [-0.3, -0.25) is 4.79 Å². The van der Waals surface area contributed by atoms with E-state index in [1.807, 2.05) is 13.0 Å². The van der Waals surface area contributed by atoms with Gasteiger partial charge in [0.15, 0.2) is 6.10 Å². The number of esters is 1. The average Bonchev–Trinajstić information content (AvgIpc) is 3.27. The quantitative estimate of drug-likeness (QED) is 0.751. The lowest BCUT2D eigenvalue weighted by Gasteiger charge is -2.16. The lowest BCUT2D eigenvalue weighted by atomic mass is 9.90. The van der Waals surface area contributed by atoms with E-state index in [1.54, 1.807) is 23.9 Å². The third-order valence-corrected chi connectivity index (χ3v) is 6.33. The van der Waals surface area contributed by atoms with E-state index in [0.717, 1.165) is 25.7 Å². The summed E-state index contributed by atoms with van der Waals surface area (Å²) in [6.07, 6.45) is 4.85. The molecule has 1 amide bonds. The Morgan fingerprint density at radius 2 is 2.22 bits per heavy atom. The van der Waals surface area contributed by atoms with Crippen LogP contribution in [-0.4, -0.2) is 27.8 Å². The van der Waals surface area contributed by atoms with Crippen LogP contribution in [0, 0.1) is 5.92 Å². The van der Waals surface area contributed by atoms with Gasteiger partial charge in [-0.2, -0.15) is 5.10 Å². The van der Waals surface area contributed by atoms with Crippen LogP contribution in [-0.2, 0) is 22.4 Å². The van der Waals surface area contributed by atoms with E-state index in [-0.39, 0.29) is 11.9 Å². The average molecular weight is 390 g/mol. The normalized spacial score (nSPS) is 18.4. The molecule has 0 aromatic carbocycles. The zero-order valence-electron chi connectivity index (χ0n) is 16.3. The first-order valence-electron chi connectivity index (χ1n) is 9.56. The molecular weight excluding hydrogens is 362 g/mol. The summed E-state index contributed by atoms with van der Waals surface area (Å²) in [6, 6.07) is 3.85. The Morgan fingerprint density at radius 1 is 1.44 bits per heavy atom. The number of aromatic nitrogens is 2. The second-order valence-electron chi connectivity index (χ2n) is 7.36. The molecule has 0 saturated heterocycles. The van der Waals surface area contributed by atoms with Gasteiger partial charge < -0.3 is 10.1 Å². The number of aryl methyl sites for hydroxylation is 1. The molecule has 6 nitrogen and oxygen atoms in total. The van der Waals surface area contributed by atoms with Gasteiger partial charge in [0, 0.05) is 10.9 Å². The Hall–Kier alpha value is -2.15. The molecular formula is C20H27N3O3S. The number of hydrogen-bond donors (Lipinski definition) is 1. The van der Waals surface area contributed by atoms with Crippen LogP contribution in [0.15, 0.2) is 18.3 Å². The maximum absolute atomic E-state index is 12.5. The molecule has 2 aromatic heterocycles. The largest absolute Gasteiger partial charge is 0.448 e. The fourth-order valence-corrected chi connectivity index (χ4v) is 4.34. The molecule has 1 N–H and O–H groups in total. The van der Waals surface area contributed by atoms with Crippen molar-refractivity contribution in [3.8, 4) is 0 Å². The van der Waals surface area contributed by atoms with Gasteiger partial charge in [-0.05, 0) is 57.1 Å². The van der Waals surface area contributed by atoms with Gasteiger partial charge in [-0.1, -0.05) is 13.8 Å². The Kier molecular flexibility index (Phi) is 5.99. The Balaban J connectivity index is 1.61. The molecule has 146 valence electrons. The molecule has 3 rings (SSSR count). The molecule has 0 fully saturated rings. The van der Waals surface area contributed by atoms with Gasteiger partial charge in [0.05, 0.1) is 12.2 Å². The molecule has 1 aliphatic carbocycles. The summed E-state index contributed by atoms with van der Waals surface area (Å²) in [4.78, 5) is 26.8. The number of carbonyl (C=O) groups is 2. The highest BCUT2D eigenvalue weighted by atomic mass is 32.1. The smallest absolute Gasteiger partial charge is 0.349 e. The van der Waals surface area contributed by atoms with Crippen LogP contribution in [0.1, 0.15) is 66.7 Å². The molecule has 0 spiro atoms. The van der Waals surface area contributed by atoms with E-state index in [2.05, 4.69) is 24.3 Å². The summed E-state index contributed by atoms with van der Waals surface area (Å²) in [5, 5.41) is 7.05. The lowest BCUT2D eigenvalue weighted by molar-refractivity contribution is -0.123. The Labute approximate surface area is 163 Å². The summed E-state index contributed by atoms with van der Waals surface area (Å²) in [6.45, 7) is 7.91. The van der Waals surface area contributed by atoms with Crippen LogP contribution in [0.3, 0.4) is 0 Å². The number of rotatable bonds is 6. The highest BCUT2D eigenvalue weighted by Crippen LogP contribution is 2.32. The minimum atomic E-state index is -0.879. The summed E-state index contributed by atoms with van der Waals surface area (Å²) in [5.74, 6) is 0.470. The number of anilines is 1. The standard InChI is InChI=1S/C20H27N3O3S/c1-5-13(3)23-18(8-9-21-23)22-19(24)14(4)26-20(25)17-11-15-10-12(2)6-7-16(15)27-17/h8-9,11-14H,5-7,10H2,1-4H3,(H,22,24)/t12-,13+,14+/m0/s1. The maximum Gasteiger partial charge on any atom is 0.349 e. The summed E-state index contributed by atoms with van der Waals surface area (Å²) in [7, 11) is 0. The number of fused-ring (bicyclic) bond motifs is 1. The van der Waals surface area contributed by atoms with E-state index in [9.17, 15) is 9.59 Å². The van der Waals surface area contributed by atoms with Crippen molar-refractivity contribution in [2.24, 2.45) is 5.92 Å². The van der Waals surface area contributed by atoms with Crippen molar-refractivity contribution in [2.45, 2.75) is 65.5 Å². The second kappa shape index (κ2) is 8.25. The zero-order valence-corrected chi connectivity index (χ0v) is 17.1. The molecule has 27 heavy (non-hydrogen) atoms. The number of ether oxygens (including phenoxy) is 1. The predicted molar refractivity (Wildman–Crippen MR) is 106 cm³/mol. The lowest BCUT2D eigenvalue weighted by Crippen LogP contribution is -2.31. The first-order valence-corrected chi connectivity index (χ1v) is 10.4. The zero-order chi connectivity index (χ0) is 19.6. The first kappa shape index (κ1) is 19.6. The van der Waals surface area contributed by atoms with Gasteiger partial charge >= 0.3 is 5.97 Å². The minimum Gasteiger partial charge on any atom is -0.448 e. The topological polar surface area (TPSA) is 73.2 Å². The predicted octanol–water partition coefficient (Wildman–Crippen LogP) is 4.22. The SMILES string of the molecule is CC[C@@H](C)n1nccc1NC(=O)[C@@H](C)OC(=O)c1cc2c(s1)CC[C@H](C)C2. The van der Waals surface area contributed by atoms with E-state index in [0.29, 0.717) is 16.6 Å². The van der Waals surface area contributed by atoms with Crippen molar-refractivity contribution in [3.05, 3.63) is 33.6 Å². The van der Waals surface area contributed by atoms with Crippen molar-refractivity contribution in [1.29, 1.82) is 0 Å². The van der Waals surface area contributed by atoms with Crippen LogP contribution < -0.4 is 5.32 Å². The molecule has 2 heterocycles. The van der Waals surface area contributed by atoms with E-state index in [4.69, 9.17) is 4.74 Å². The fourth-order valence-electron chi connectivity index (χ4n) is 3.24. The monoisotopic (exact) mass is 389 g/mol. The number of thiophene rings is 1. The molecule has 0 aliphatic heterocycles. The van der Waals surface area contributed by atoms with E-state index >= 15 is 0 Å². The van der Waals surface area contributed by atoms with E-state index < -0.39 is 12.1 Å². The second-order valence-corrected chi connectivity index (χ2v) is 8.50. The summed E-state index contributed by atoms with van der Waals surface area (Å²) in [5.41, 5.74) is 1.25. The Bertz CT molecular complexity index is 826. The number of nitrogens with one attached hydrogen (secondary N) is 1. The minimum absolute atomic E-state index is 0.174. The number of hydrogen-bond acceptors (Lipinski definition) is 5. The Morgan fingerprint density at radius 3 is 2.96 bits per heavy atom. The van der Waals surface area contributed by atoms with Crippen molar-refractivity contribution >= 4 is 29.0 Å². The van der Waals surface area contributed by atoms with Gasteiger partial charge in [-0.25, -0.2) is 9.48 Å². The van der Waals surface area contributed by atoms with Gasteiger partial charge in [0.25, 0.3) is 5.91 Å². The van der Waals surface area contributed by atoms with Crippen LogP contribution in [0.25, 0.3) is 0 Å². The molecule has 0 saturated carbocycles. The van der Waals surface area contributed by atoms with E-state index in [1.165, 1.54) is 21.8 Å². The van der Waals surface area contributed by atoms with Crippen molar-refractivity contribution in [2.75, 3.05) is 5.32 Å². The van der Waals surface area contributed by atoms with Crippen LogP contribution in [0.5, 0.6) is 0 Å². The van der Waals surface area contributed by atoms with Crippen molar-refractivity contribution < 1.29 is 14.3 Å². The molecule has 0 bridgehead atoms. The van der Waals surface area contributed by atoms with Crippen LogP contribution in [0.2, 0.25) is 0 Å². The molecule has 3 atom stereocenters. The fraction of sp³-hybridized carbons (Fsp3) is 0.550. The van der Waals surface area contributed by atoms with Gasteiger partial charge in [0.2, 0.25) is 0 Å². The number of amides is 1.